The van der Waals surface area contributed by atoms with E-state index in [-0.39, 0.29) is 5.91 Å². The molecule has 20 heavy (non-hydrogen) atoms. The minimum Gasteiger partial charge on any atom is -0.492 e. The van der Waals surface area contributed by atoms with Crippen LogP contribution in [-0.4, -0.2) is 30.5 Å². The second-order valence-corrected chi connectivity index (χ2v) is 5.40. The number of nitrogen functional groups attached to an aromatic ring is 1. The van der Waals surface area contributed by atoms with Crippen molar-refractivity contribution in [3.05, 3.63) is 24.3 Å². The van der Waals surface area contributed by atoms with Crippen molar-refractivity contribution < 1.29 is 9.53 Å². The van der Waals surface area contributed by atoms with Gasteiger partial charge in [-0.3, -0.25) is 4.79 Å². The molecular weight excluding hydrogens is 252 g/mol. The van der Waals surface area contributed by atoms with Crippen LogP contribution in [0.15, 0.2) is 24.3 Å². The molecule has 1 unspecified atom stereocenters. The number of hydrogen-bond acceptors (Lipinski definition) is 3. The third-order valence-corrected chi connectivity index (χ3v) is 3.99. The SMILES string of the molecule is CCC1CCC(=O)N(CCOc2cccc(N)c2)CC1. The molecule has 110 valence electrons. The van der Waals surface area contributed by atoms with Crippen molar-refractivity contribution in [1.82, 2.24) is 4.90 Å². The fourth-order valence-electron chi connectivity index (χ4n) is 2.62. The molecule has 4 nitrogen and oxygen atoms in total. The number of amides is 1. The van der Waals surface area contributed by atoms with Crippen molar-refractivity contribution in [2.24, 2.45) is 5.92 Å². The maximum Gasteiger partial charge on any atom is 0.222 e. The maximum atomic E-state index is 12.0. The lowest BCUT2D eigenvalue weighted by molar-refractivity contribution is -0.131. The van der Waals surface area contributed by atoms with Gasteiger partial charge in [-0.2, -0.15) is 0 Å². The lowest BCUT2D eigenvalue weighted by Gasteiger charge is -2.21. The van der Waals surface area contributed by atoms with Crippen LogP contribution in [-0.2, 0) is 4.79 Å². The quantitative estimate of drug-likeness (QED) is 0.841. The van der Waals surface area contributed by atoms with Gasteiger partial charge >= 0.3 is 0 Å². The number of carbonyl (C=O) groups is 1. The Hall–Kier alpha value is -1.71. The van der Waals surface area contributed by atoms with Crippen LogP contribution in [0.25, 0.3) is 0 Å². The van der Waals surface area contributed by atoms with E-state index in [4.69, 9.17) is 10.5 Å². The molecule has 0 spiro atoms. The summed E-state index contributed by atoms with van der Waals surface area (Å²) in [5, 5.41) is 0. The van der Waals surface area contributed by atoms with Crippen molar-refractivity contribution in [2.45, 2.75) is 32.6 Å². The van der Waals surface area contributed by atoms with E-state index in [0.717, 1.165) is 25.1 Å². The Kier molecular flexibility index (Phi) is 5.27. The Morgan fingerprint density at radius 3 is 3.00 bits per heavy atom. The van der Waals surface area contributed by atoms with Gasteiger partial charge < -0.3 is 15.4 Å². The van der Waals surface area contributed by atoms with E-state index < -0.39 is 0 Å². The van der Waals surface area contributed by atoms with E-state index in [2.05, 4.69) is 6.92 Å². The number of hydrogen-bond donors (Lipinski definition) is 1. The fourth-order valence-corrected chi connectivity index (χ4v) is 2.62. The molecule has 2 rings (SSSR count). The number of ether oxygens (including phenoxy) is 1. The predicted molar refractivity (Wildman–Crippen MR) is 80.6 cm³/mol. The smallest absolute Gasteiger partial charge is 0.222 e. The van der Waals surface area contributed by atoms with E-state index in [1.165, 1.54) is 6.42 Å². The predicted octanol–water partition coefficient (Wildman–Crippen LogP) is 2.69. The van der Waals surface area contributed by atoms with E-state index >= 15 is 0 Å². The maximum absolute atomic E-state index is 12.0. The average molecular weight is 276 g/mol. The molecule has 4 heteroatoms. The molecule has 1 aromatic rings. The first-order valence-electron chi connectivity index (χ1n) is 7.45. The molecule has 0 radical (unpaired) electrons. The normalized spacial score (nSPS) is 19.8. The zero-order valence-electron chi connectivity index (χ0n) is 12.2. The van der Waals surface area contributed by atoms with Crippen molar-refractivity contribution in [2.75, 3.05) is 25.4 Å². The summed E-state index contributed by atoms with van der Waals surface area (Å²) in [6, 6.07) is 7.38. The average Bonchev–Trinajstić information content (AvgIpc) is 2.62. The monoisotopic (exact) mass is 276 g/mol. The van der Waals surface area contributed by atoms with Crippen LogP contribution in [0.5, 0.6) is 5.75 Å². The summed E-state index contributed by atoms with van der Waals surface area (Å²) in [5.74, 6) is 1.72. The Labute approximate surface area is 120 Å². The number of anilines is 1. The number of rotatable bonds is 5. The summed E-state index contributed by atoms with van der Waals surface area (Å²) in [4.78, 5) is 14.0. The number of nitrogens with two attached hydrogens (primary N) is 1. The number of nitrogens with zero attached hydrogens (tertiary/aromatic N) is 1. The standard InChI is InChI=1S/C16H24N2O2/c1-2-13-6-7-16(19)18(9-8-13)10-11-20-15-5-3-4-14(17)12-15/h3-5,12-13H,2,6-11,17H2,1H3. The topological polar surface area (TPSA) is 55.6 Å². The summed E-state index contributed by atoms with van der Waals surface area (Å²) in [6.45, 7) is 4.24. The highest BCUT2D eigenvalue weighted by atomic mass is 16.5. The summed E-state index contributed by atoms with van der Waals surface area (Å²) in [5.41, 5.74) is 6.40. The molecule has 1 aliphatic rings. The fraction of sp³-hybridized carbons (Fsp3) is 0.562. The van der Waals surface area contributed by atoms with Gasteiger partial charge in [0.05, 0.1) is 6.54 Å². The minimum atomic E-state index is 0.261. The van der Waals surface area contributed by atoms with Crippen LogP contribution < -0.4 is 10.5 Å². The van der Waals surface area contributed by atoms with Crippen molar-refractivity contribution in [3.63, 3.8) is 0 Å². The number of likely N-dealkylation sites (tertiary alicyclic amines) is 1. The van der Waals surface area contributed by atoms with Gasteiger partial charge in [0.2, 0.25) is 5.91 Å². The molecular formula is C16H24N2O2. The summed E-state index contributed by atoms with van der Waals surface area (Å²) in [7, 11) is 0. The largest absolute Gasteiger partial charge is 0.492 e. The molecule has 1 saturated heterocycles. The lowest BCUT2D eigenvalue weighted by Crippen LogP contribution is -2.34. The molecule has 1 heterocycles. The highest BCUT2D eigenvalue weighted by Crippen LogP contribution is 2.21. The van der Waals surface area contributed by atoms with Gasteiger partial charge in [-0.05, 0) is 30.9 Å². The molecule has 1 aliphatic heterocycles. The van der Waals surface area contributed by atoms with Gasteiger partial charge in [-0.15, -0.1) is 0 Å². The van der Waals surface area contributed by atoms with Gasteiger partial charge in [0.25, 0.3) is 0 Å². The molecule has 2 N–H and O–H groups in total. The molecule has 1 amide bonds. The molecule has 0 saturated carbocycles. The third kappa shape index (κ3) is 4.15. The molecule has 1 atom stereocenters. The van der Waals surface area contributed by atoms with Crippen LogP contribution in [0.2, 0.25) is 0 Å². The molecule has 0 aliphatic carbocycles. The van der Waals surface area contributed by atoms with Gasteiger partial charge in [0.15, 0.2) is 0 Å². The first-order chi connectivity index (χ1) is 9.69. The number of benzene rings is 1. The Bertz CT molecular complexity index is 448. The van der Waals surface area contributed by atoms with E-state index in [9.17, 15) is 4.79 Å². The third-order valence-electron chi connectivity index (χ3n) is 3.99. The van der Waals surface area contributed by atoms with Crippen molar-refractivity contribution in [1.29, 1.82) is 0 Å². The summed E-state index contributed by atoms with van der Waals surface area (Å²) in [6.07, 6.45) is 3.99. The van der Waals surface area contributed by atoms with Crippen LogP contribution in [0.1, 0.15) is 32.6 Å². The zero-order valence-corrected chi connectivity index (χ0v) is 12.2. The minimum absolute atomic E-state index is 0.261. The number of carbonyl (C=O) groups excluding carboxylic acids is 1. The van der Waals surface area contributed by atoms with Gasteiger partial charge in [-0.25, -0.2) is 0 Å². The van der Waals surface area contributed by atoms with Gasteiger partial charge in [0.1, 0.15) is 12.4 Å². The Morgan fingerprint density at radius 1 is 1.40 bits per heavy atom. The van der Waals surface area contributed by atoms with E-state index in [1.54, 1.807) is 6.07 Å². The van der Waals surface area contributed by atoms with Crippen LogP contribution in [0, 0.1) is 5.92 Å². The van der Waals surface area contributed by atoms with Crippen LogP contribution in [0.4, 0.5) is 5.69 Å². The first-order valence-corrected chi connectivity index (χ1v) is 7.45. The Balaban J connectivity index is 1.79. The molecule has 0 aromatic heterocycles. The second kappa shape index (κ2) is 7.17. The second-order valence-electron chi connectivity index (χ2n) is 5.40. The van der Waals surface area contributed by atoms with Gasteiger partial charge in [0, 0.05) is 24.7 Å². The highest BCUT2D eigenvalue weighted by Gasteiger charge is 2.21. The summed E-state index contributed by atoms with van der Waals surface area (Å²) < 4.78 is 5.66. The van der Waals surface area contributed by atoms with Gasteiger partial charge in [-0.1, -0.05) is 19.4 Å². The summed E-state index contributed by atoms with van der Waals surface area (Å²) >= 11 is 0. The Morgan fingerprint density at radius 2 is 2.25 bits per heavy atom. The van der Waals surface area contributed by atoms with Crippen LogP contribution >= 0.6 is 0 Å². The first kappa shape index (κ1) is 14.7. The van der Waals surface area contributed by atoms with E-state index in [0.29, 0.717) is 31.2 Å². The highest BCUT2D eigenvalue weighted by molar-refractivity contribution is 5.76. The zero-order chi connectivity index (χ0) is 14.4. The molecule has 1 aromatic carbocycles. The van der Waals surface area contributed by atoms with Crippen LogP contribution in [0.3, 0.4) is 0 Å². The lowest BCUT2D eigenvalue weighted by atomic mass is 9.98. The molecule has 1 fully saturated rings. The van der Waals surface area contributed by atoms with Crippen molar-refractivity contribution in [3.8, 4) is 5.75 Å². The molecule has 0 bridgehead atoms. The van der Waals surface area contributed by atoms with E-state index in [1.807, 2.05) is 23.1 Å². The van der Waals surface area contributed by atoms with Crippen molar-refractivity contribution >= 4 is 11.6 Å².